The van der Waals surface area contributed by atoms with Gasteiger partial charge in [0.1, 0.15) is 12.4 Å². The minimum Gasteiger partial charge on any atom is -0.342 e. The fraction of sp³-hybridized carbons (Fsp3) is 0.824. The summed E-state index contributed by atoms with van der Waals surface area (Å²) < 4.78 is 9.75. The van der Waals surface area contributed by atoms with Crippen LogP contribution < -0.4 is 4.57 Å². The molecule has 0 aliphatic heterocycles. The van der Waals surface area contributed by atoms with Gasteiger partial charge in [0.15, 0.2) is 6.73 Å². The van der Waals surface area contributed by atoms with Crippen LogP contribution in [-0.2, 0) is 18.5 Å². The summed E-state index contributed by atoms with van der Waals surface area (Å²) in [6.07, 6.45) is 19.9. The van der Waals surface area contributed by atoms with Gasteiger partial charge < -0.3 is 4.74 Å². The number of imidazole rings is 1. The van der Waals surface area contributed by atoms with E-state index < -0.39 is 0 Å². The molecule has 3 nitrogen and oxygen atoms in total. The summed E-state index contributed by atoms with van der Waals surface area (Å²) >= 11 is 0. The number of unbranched alkanes of at least 4 members (excludes halogenated alkanes) is 9. The Balaban J connectivity index is 1.76. The molecule has 3 heteroatoms. The minimum absolute atomic E-state index is 0.679. The monoisotopic (exact) mass is 281 g/mol. The van der Waals surface area contributed by atoms with E-state index in [0.717, 1.165) is 6.61 Å². The lowest BCUT2D eigenvalue weighted by Crippen LogP contribution is -2.32. The number of nitrogens with zero attached hydrogens (tertiary/aromatic N) is 2. The molecule has 0 spiro atoms. The van der Waals surface area contributed by atoms with Gasteiger partial charge in [0.25, 0.3) is 0 Å². The average Bonchev–Trinajstić information content (AvgIpc) is 2.86. The molecule has 0 radical (unpaired) electrons. The zero-order chi connectivity index (χ0) is 14.5. The third kappa shape index (κ3) is 9.13. The number of ether oxygens (including phenoxy) is 1. The van der Waals surface area contributed by atoms with Crippen molar-refractivity contribution in [1.29, 1.82) is 0 Å². The Morgan fingerprint density at radius 3 is 2.05 bits per heavy atom. The lowest BCUT2D eigenvalue weighted by atomic mass is 10.1. The Labute approximate surface area is 125 Å². The number of aromatic nitrogens is 2. The average molecular weight is 281 g/mol. The predicted octanol–water partition coefficient (Wildman–Crippen LogP) is 4.21. The van der Waals surface area contributed by atoms with E-state index in [9.17, 15) is 0 Å². The van der Waals surface area contributed by atoms with Gasteiger partial charge in [-0.1, -0.05) is 64.7 Å². The Hall–Kier alpha value is -0.830. The minimum atomic E-state index is 0.679. The molecule has 116 valence electrons. The summed E-state index contributed by atoms with van der Waals surface area (Å²) in [5.74, 6) is 0. The van der Waals surface area contributed by atoms with Gasteiger partial charge in [0.2, 0.25) is 6.33 Å². The molecule has 0 N–H and O–H groups in total. The normalized spacial score (nSPS) is 11.1. The highest BCUT2D eigenvalue weighted by atomic mass is 16.5. The van der Waals surface area contributed by atoms with Gasteiger partial charge in [-0.25, -0.2) is 9.13 Å². The van der Waals surface area contributed by atoms with E-state index >= 15 is 0 Å². The Bertz CT molecular complexity index is 323. The van der Waals surface area contributed by atoms with E-state index in [-0.39, 0.29) is 0 Å². The summed E-state index contributed by atoms with van der Waals surface area (Å²) in [5, 5.41) is 0. The third-order valence-corrected chi connectivity index (χ3v) is 3.71. The molecule has 1 aromatic rings. The predicted molar refractivity (Wildman–Crippen MR) is 83.4 cm³/mol. The first-order chi connectivity index (χ1) is 9.83. The number of rotatable bonds is 13. The van der Waals surface area contributed by atoms with E-state index in [1.807, 2.05) is 30.3 Å². The lowest BCUT2D eigenvalue weighted by molar-refractivity contribution is -0.732. The van der Waals surface area contributed by atoms with Gasteiger partial charge >= 0.3 is 0 Å². The molecule has 0 unspecified atom stereocenters. The SMILES string of the molecule is CCCCCCCCCCCCOC[n+]1ccn(C)c1. The topological polar surface area (TPSA) is 18.0 Å². The molecule has 0 saturated carbocycles. The fourth-order valence-corrected chi connectivity index (χ4v) is 2.44. The molecule has 1 aromatic heterocycles. The van der Waals surface area contributed by atoms with Gasteiger partial charge in [0, 0.05) is 0 Å². The first-order valence-corrected chi connectivity index (χ1v) is 8.41. The molecule has 0 aliphatic rings. The molecule has 0 bridgehead atoms. The van der Waals surface area contributed by atoms with Gasteiger partial charge in [-0.15, -0.1) is 0 Å². The van der Waals surface area contributed by atoms with Crippen LogP contribution in [0, 0.1) is 0 Å². The van der Waals surface area contributed by atoms with Gasteiger partial charge in [-0.2, -0.15) is 0 Å². The molecule has 0 aliphatic carbocycles. The zero-order valence-electron chi connectivity index (χ0n) is 13.5. The first-order valence-electron chi connectivity index (χ1n) is 8.41. The Morgan fingerprint density at radius 1 is 0.900 bits per heavy atom. The van der Waals surface area contributed by atoms with Crippen molar-refractivity contribution in [3.05, 3.63) is 18.7 Å². The van der Waals surface area contributed by atoms with Crippen LogP contribution in [0.3, 0.4) is 0 Å². The van der Waals surface area contributed by atoms with Crippen LogP contribution in [0.15, 0.2) is 18.7 Å². The summed E-state index contributed by atoms with van der Waals surface area (Å²) in [6, 6.07) is 0. The molecule has 0 fully saturated rings. The maximum atomic E-state index is 5.65. The van der Waals surface area contributed by atoms with Gasteiger partial charge in [0.05, 0.1) is 13.7 Å². The van der Waals surface area contributed by atoms with Crippen molar-refractivity contribution in [2.45, 2.75) is 77.9 Å². The van der Waals surface area contributed by atoms with Crippen molar-refractivity contribution in [3.63, 3.8) is 0 Å². The van der Waals surface area contributed by atoms with Crippen LogP contribution in [0.5, 0.6) is 0 Å². The smallest absolute Gasteiger partial charge is 0.245 e. The van der Waals surface area contributed by atoms with Crippen LogP contribution in [0.4, 0.5) is 0 Å². The van der Waals surface area contributed by atoms with E-state index in [1.165, 1.54) is 64.2 Å². The molecule has 1 heterocycles. The van der Waals surface area contributed by atoms with E-state index in [2.05, 4.69) is 11.5 Å². The summed E-state index contributed by atoms with van der Waals surface area (Å²) in [5.41, 5.74) is 0. The van der Waals surface area contributed by atoms with Crippen molar-refractivity contribution in [2.75, 3.05) is 6.61 Å². The van der Waals surface area contributed by atoms with Crippen LogP contribution in [0.1, 0.15) is 71.1 Å². The fourth-order valence-electron chi connectivity index (χ4n) is 2.44. The molecular formula is C17H33N2O+. The van der Waals surface area contributed by atoms with Crippen LogP contribution in [0.2, 0.25) is 0 Å². The first kappa shape index (κ1) is 17.2. The largest absolute Gasteiger partial charge is 0.342 e. The summed E-state index contributed by atoms with van der Waals surface area (Å²) in [6.45, 7) is 3.84. The Morgan fingerprint density at radius 2 is 1.50 bits per heavy atom. The van der Waals surface area contributed by atoms with E-state index in [0.29, 0.717) is 6.73 Å². The lowest BCUT2D eigenvalue weighted by Gasteiger charge is -2.03. The second kappa shape index (κ2) is 12.0. The molecule has 0 amide bonds. The number of hydrogen-bond donors (Lipinski definition) is 0. The summed E-state index contributed by atoms with van der Waals surface area (Å²) in [7, 11) is 2.03. The highest BCUT2D eigenvalue weighted by Crippen LogP contribution is 2.10. The van der Waals surface area contributed by atoms with Crippen LogP contribution in [-0.4, -0.2) is 11.2 Å². The van der Waals surface area contributed by atoms with Crippen molar-refractivity contribution in [2.24, 2.45) is 7.05 Å². The maximum Gasteiger partial charge on any atom is 0.245 e. The second-order valence-electron chi connectivity index (χ2n) is 5.81. The molecule has 1 rings (SSSR count). The molecule has 20 heavy (non-hydrogen) atoms. The number of hydrogen-bond acceptors (Lipinski definition) is 1. The van der Waals surface area contributed by atoms with Crippen LogP contribution >= 0.6 is 0 Å². The van der Waals surface area contributed by atoms with Crippen molar-refractivity contribution >= 4 is 0 Å². The van der Waals surface area contributed by atoms with Gasteiger partial charge in [-0.3, -0.25) is 0 Å². The quantitative estimate of drug-likeness (QED) is 0.391. The Kier molecular flexibility index (Phi) is 10.3. The standard InChI is InChI=1S/C17H33N2O/c1-3-4-5-6-7-8-9-10-11-12-15-20-17-19-14-13-18(2)16-19/h13-14,16H,3-12,15,17H2,1-2H3/q+1. The molecular weight excluding hydrogens is 248 g/mol. The van der Waals surface area contributed by atoms with E-state index in [4.69, 9.17) is 4.74 Å². The molecule has 0 atom stereocenters. The second-order valence-corrected chi connectivity index (χ2v) is 5.81. The maximum absolute atomic E-state index is 5.65. The van der Waals surface area contributed by atoms with Gasteiger partial charge in [-0.05, 0) is 6.42 Å². The molecule has 0 aromatic carbocycles. The van der Waals surface area contributed by atoms with Crippen molar-refractivity contribution < 1.29 is 9.30 Å². The zero-order valence-corrected chi connectivity index (χ0v) is 13.5. The van der Waals surface area contributed by atoms with Crippen LogP contribution in [0.25, 0.3) is 0 Å². The van der Waals surface area contributed by atoms with E-state index in [1.54, 1.807) is 0 Å². The highest BCUT2D eigenvalue weighted by Gasteiger charge is 1.99. The summed E-state index contributed by atoms with van der Waals surface area (Å²) in [4.78, 5) is 0. The van der Waals surface area contributed by atoms with Crippen molar-refractivity contribution in [1.82, 2.24) is 4.57 Å². The third-order valence-electron chi connectivity index (χ3n) is 3.71. The van der Waals surface area contributed by atoms with Crippen molar-refractivity contribution in [3.8, 4) is 0 Å². The highest BCUT2D eigenvalue weighted by molar-refractivity contribution is 4.61. The molecule has 0 saturated heterocycles. The number of aryl methyl sites for hydroxylation is 1.